The third kappa shape index (κ3) is 3.10. The lowest BCUT2D eigenvalue weighted by atomic mass is 10.1. The summed E-state index contributed by atoms with van der Waals surface area (Å²) < 4.78 is 13.7. The summed E-state index contributed by atoms with van der Waals surface area (Å²) in [6.45, 7) is 2.08. The van der Waals surface area contributed by atoms with Crippen molar-refractivity contribution in [3.8, 4) is 0 Å². The van der Waals surface area contributed by atoms with E-state index in [2.05, 4.69) is 12.2 Å². The first-order chi connectivity index (χ1) is 9.02. The van der Waals surface area contributed by atoms with Crippen molar-refractivity contribution in [3.63, 3.8) is 0 Å². The Hall–Kier alpha value is -1.91. The highest BCUT2D eigenvalue weighted by Gasteiger charge is 2.37. The first-order valence-electron chi connectivity index (χ1n) is 6.36. The molecular formula is C14H16FNO3. The summed E-state index contributed by atoms with van der Waals surface area (Å²) in [7, 11) is 0. The largest absolute Gasteiger partial charge is 0.478 e. The van der Waals surface area contributed by atoms with E-state index >= 15 is 0 Å². The second-order valence-electron chi connectivity index (χ2n) is 4.86. The third-order valence-corrected chi connectivity index (χ3v) is 3.36. The Kier molecular flexibility index (Phi) is 3.83. The maximum Gasteiger partial charge on any atom is 0.335 e. The zero-order valence-electron chi connectivity index (χ0n) is 10.6. The van der Waals surface area contributed by atoms with Crippen LogP contribution in [-0.4, -0.2) is 23.0 Å². The Bertz CT molecular complexity index is 515. The number of amides is 1. The van der Waals surface area contributed by atoms with Crippen molar-refractivity contribution in [1.82, 2.24) is 5.32 Å². The van der Waals surface area contributed by atoms with Crippen LogP contribution in [0.5, 0.6) is 0 Å². The van der Waals surface area contributed by atoms with Gasteiger partial charge in [0.15, 0.2) is 0 Å². The fourth-order valence-electron chi connectivity index (χ4n) is 2.19. The molecule has 19 heavy (non-hydrogen) atoms. The fraction of sp³-hybridized carbons (Fsp3) is 0.429. The number of benzene rings is 1. The van der Waals surface area contributed by atoms with Crippen molar-refractivity contribution in [1.29, 1.82) is 0 Å². The van der Waals surface area contributed by atoms with Gasteiger partial charge in [-0.3, -0.25) is 4.79 Å². The van der Waals surface area contributed by atoms with E-state index in [1.54, 1.807) is 0 Å². The molecule has 2 rings (SSSR count). The number of hydrogen-bond acceptors (Lipinski definition) is 2. The summed E-state index contributed by atoms with van der Waals surface area (Å²) in [5.41, 5.74) is -0.267. The predicted molar refractivity (Wildman–Crippen MR) is 67.6 cm³/mol. The lowest BCUT2D eigenvalue weighted by Crippen LogP contribution is -2.27. The summed E-state index contributed by atoms with van der Waals surface area (Å²) in [4.78, 5) is 22.5. The molecule has 0 radical (unpaired) electrons. The Labute approximate surface area is 110 Å². The minimum absolute atomic E-state index is 0.104. The minimum Gasteiger partial charge on any atom is -0.478 e. The Balaban J connectivity index is 2.02. The zero-order valence-corrected chi connectivity index (χ0v) is 10.6. The number of carbonyl (C=O) groups is 2. The number of carbonyl (C=O) groups excluding carboxylic acids is 1. The highest BCUT2D eigenvalue weighted by atomic mass is 19.1. The maximum atomic E-state index is 13.7. The SMILES string of the molecule is CCCC1CC1NC(=O)c1ccc(C(=O)O)cc1F. The first kappa shape index (κ1) is 13.5. The van der Waals surface area contributed by atoms with Crippen LogP contribution in [-0.2, 0) is 0 Å². The van der Waals surface area contributed by atoms with Gasteiger partial charge in [0.25, 0.3) is 5.91 Å². The summed E-state index contributed by atoms with van der Waals surface area (Å²) in [6, 6.07) is 3.45. The molecule has 0 aromatic heterocycles. The molecular weight excluding hydrogens is 249 g/mol. The van der Waals surface area contributed by atoms with Gasteiger partial charge in [-0.2, -0.15) is 0 Å². The Morgan fingerprint density at radius 3 is 2.79 bits per heavy atom. The van der Waals surface area contributed by atoms with Crippen LogP contribution < -0.4 is 5.32 Å². The van der Waals surface area contributed by atoms with E-state index in [4.69, 9.17) is 5.11 Å². The van der Waals surface area contributed by atoms with Crippen LogP contribution in [0.3, 0.4) is 0 Å². The Morgan fingerprint density at radius 2 is 2.21 bits per heavy atom. The van der Waals surface area contributed by atoms with Gasteiger partial charge in [0.2, 0.25) is 0 Å². The van der Waals surface area contributed by atoms with Crippen LogP contribution in [0.25, 0.3) is 0 Å². The van der Waals surface area contributed by atoms with Crippen LogP contribution in [0.2, 0.25) is 0 Å². The molecule has 1 fully saturated rings. The number of hydrogen-bond donors (Lipinski definition) is 2. The molecule has 1 aromatic carbocycles. The monoisotopic (exact) mass is 265 g/mol. The topological polar surface area (TPSA) is 66.4 Å². The molecule has 2 unspecified atom stereocenters. The van der Waals surface area contributed by atoms with E-state index in [9.17, 15) is 14.0 Å². The van der Waals surface area contributed by atoms with Gasteiger partial charge in [-0.1, -0.05) is 13.3 Å². The van der Waals surface area contributed by atoms with E-state index in [0.29, 0.717) is 5.92 Å². The van der Waals surface area contributed by atoms with Gasteiger partial charge in [0.05, 0.1) is 11.1 Å². The van der Waals surface area contributed by atoms with Crippen molar-refractivity contribution in [2.24, 2.45) is 5.92 Å². The molecule has 1 saturated carbocycles. The van der Waals surface area contributed by atoms with Crippen LogP contribution in [0, 0.1) is 11.7 Å². The average Bonchev–Trinajstić information content (AvgIpc) is 3.07. The van der Waals surface area contributed by atoms with Gasteiger partial charge < -0.3 is 10.4 Å². The van der Waals surface area contributed by atoms with Crippen LogP contribution in [0.1, 0.15) is 46.9 Å². The van der Waals surface area contributed by atoms with Gasteiger partial charge >= 0.3 is 5.97 Å². The zero-order chi connectivity index (χ0) is 14.0. The number of carboxylic acid groups (broad SMARTS) is 1. The van der Waals surface area contributed by atoms with Gasteiger partial charge in [0.1, 0.15) is 5.82 Å². The molecule has 1 aliphatic carbocycles. The molecule has 1 aliphatic rings. The standard InChI is InChI=1S/C14H16FNO3/c1-2-3-8-7-12(8)16-13(17)10-5-4-9(14(18)19)6-11(10)15/h4-6,8,12H,2-3,7H2,1H3,(H,16,17)(H,18,19). The van der Waals surface area contributed by atoms with Crippen molar-refractivity contribution in [2.45, 2.75) is 32.2 Å². The van der Waals surface area contributed by atoms with E-state index in [1.807, 2.05) is 0 Å². The molecule has 5 heteroatoms. The van der Waals surface area contributed by atoms with Crippen molar-refractivity contribution in [2.75, 3.05) is 0 Å². The quantitative estimate of drug-likeness (QED) is 0.859. The average molecular weight is 265 g/mol. The fourth-order valence-corrected chi connectivity index (χ4v) is 2.19. The summed E-state index contributed by atoms with van der Waals surface area (Å²) >= 11 is 0. The molecule has 0 aliphatic heterocycles. The number of halogens is 1. The Morgan fingerprint density at radius 1 is 1.47 bits per heavy atom. The lowest BCUT2D eigenvalue weighted by Gasteiger charge is -2.06. The molecule has 102 valence electrons. The number of carboxylic acids is 1. The highest BCUT2D eigenvalue weighted by Crippen LogP contribution is 2.34. The van der Waals surface area contributed by atoms with Crippen molar-refractivity contribution >= 4 is 11.9 Å². The normalized spacial score (nSPS) is 20.9. The third-order valence-electron chi connectivity index (χ3n) is 3.36. The summed E-state index contributed by atoms with van der Waals surface area (Å²) in [5, 5.41) is 11.5. The van der Waals surface area contributed by atoms with E-state index in [0.717, 1.165) is 25.3 Å². The maximum absolute atomic E-state index is 13.7. The number of aromatic carboxylic acids is 1. The van der Waals surface area contributed by atoms with E-state index in [-0.39, 0.29) is 17.2 Å². The smallest absolute Gasteiger partial charge is 0.335 e. The molecule has 1 amide bonds. The summed E-state index contributed by atoms with van der Waals surface area (Å²) in [6.07, 6.45) is 3.07. The molecule has 4 nitrogen and oxygen atoms in total. The van der Waals surface area contributed by atoms with Crippen LogP contribution in [0.15, 0.2) is 18.2 Å². The molecule has 2 N–H and O–H groups in total. The molecule has 0 heterocycles. The second-order valence-corrected chi connectivity index (χ2v) is 4.86. The molecule has 1 aromatic rings. The molecule has 0 bridgehead atoms. The molecule has 0 spiro atoms. The lowest BCUT2D eigenvalue weighted by molar-refractivity contribution is 0.0695. The summed E-state index contributed by atoms with van der Waals surface area (Å²) in [5.74, 6) is -1.99. The minimum atomic E-state index is -1.21. The van der Waals surface area contributed by atoms with Crippen molar-refractivity contribution in [3.05, 3.63) is 35.1 Å². The molecule has 0 saturated heterocycles. The van der Waals surface area contributed by atoms with E-state index < -0.39 is 17.7 Å². The van der Waals surface area contributed by atoms with E-state index in [1.165, 1.54) is 12.1 Å². The van der Waals surface area contributed by atoms with Gasteiger partial charge in [-0.15, -0.1) is 0 Å². The van der Waals surface area contributed by atoms with Crippen LogP contribution in [0.4, 0.5) is 4.39 Å². The second kappa shape index (κ2) is 5.38. The van der Waals surface area contributed by atoms with Gasteiger partial charge in [-0.05, 0) is 37.0 Å². The van der Waals surface area contributed by atoms with Gasteiger partial charge in [-0.25, -0.2) is 9.18 Å². The number of rotatable bonds is 5. The first-order valence-corrected chi connectivity index (χ1v) is 6.36. The van der Waals surface area contributed by atoms with Crippen LogP contribution >= 0.6 is 0 Å². The van der Waals surface area contributed by atoms with Gasteiger partial charge in [0, 0.05) is 6.04 Å². The molecule has 2 atom stereocenters. The highest BCUT2D eigenvalue weighted by molar-refractivity contribution is 5.96. The number of nitrogens with one attached hydrogen (secondary N) is 1. The predicted octanol–water partition coefficient (Wildman–Crippen LogP) is 2.44. The van der Waals surface area contributed by atoms with Crippen molar-refractivity contribution < 1.29 is 19.1 Å².